The molecular formula is C12H11NO2. The maximum Gasteiger partial charge on any atom is 0.324 e. The Morgan fingerprint density at radius 2 is 2.13 bits per heavy atom. The minimum atomic E-state index is -1.07. The summed E-state index contributed by atoms with van der Waals surface area (Å²) >= 11 is 0. The highest BCUT2D eigenvalue weighted by atomic mass is 16.4. The van der Waals surface area contributed by atoms with Crippen molar-refractivity contribution >= 4 is 5.97 Å². The first-order valence-electron chi connectivity index (χ1n) is 4.67. The first-order valence-corrected chi connectivity index (χ1v) is 4.67. The zero-order chi connectivity index (χ0) is 11.1. The molecule has 1 aromatic carbocycles. The van der Waals surface area contributed by atoms with E-state index in [0.29, 0.717) is 6.42 Å². The summed E-state index contributed by atoms with van der Waals surface area (Å²) < 4.78 is 0. The van der Waals surface area contributed by atoms with E-state index in [1.54, 1.807) is 12.1 Å². The van der Waals surface area contributed by atoms with E-state index in [1.807, 2.05) is 12.1 Å². The van der Waals surface area contributed by atoms with Crippen molar-refractivity contribution in [3.05, 3.63) is 35.4 Å². The lowest BCUT2D eigenvalue weighted by molar-refractivity contribution is -0.139. The maximum atomic E-state index is 10.8. The van der Waals surface area contributed by atoms with Crippen LogP contribution in [-0.2, 0) is 4.79 Å². The fourth-order valence-electron chi connectivity index (χ4n) is 1.74. The minimum Gasteiger partial charge on any atom is -0.480 e. The van der Waals surface area contributed by atoms with E-state index in [1.165, 1.54) is 0 Å². The van der Waals surface area contributed by atoms with Crippen molar-refractivity contribution in [3.63, 3.8) is 0 Å². The van der Waals surface area contributed by atoms with Crippen LogP contribution in [0.5, 0.6) is 0 Å². The second-order valence-corrected chi connectivity index (χ2v) is 3.87. The Balaban J connectivity index is 2.21. The van der Waals surface area contributed by atoms with Gasteiger partial charge in [-0.25, -0.2) is 0 Å². The van der Waals surface area contributed by atoms with Gasteiger partial charge in [-0.05, 0) is 24.1 Å². The molecule has 3 heteroatoms. The molecular weight excluding hydrogens is 190 g/mol. The molecule has 0 spiro atoms. The lowest BCUT2D eigenvalue weighted by Gasteiger charge is -2.05. The molecule has 0 bridgehead atoms. The first-order chi connectivity index (χ1) is 7.08. The average molecular weight is 201 g/mol. The van der Waals surface area contributed by atoms with Crippen LogP contribution < -0.4 is 5.73 Å². The van der Waals surface area contributed by atoms with Crippen LogP contribution in [0.2, 0.25) is 0 Å². The Morgan fingerprint density at radius 3 is 2.53 bits per heavy atom. The van der Waals surface area contributed by atoms with Gasteiger partial charge in [0.2, 0.25) is 0 Å². The highest BCUT2D eigenvalue weighted by molar-refractivity contribution is 5.84. The van der Waals surface area contributed by atoms with Crippen molar-refractivity contribution < 1.29 is 9.90 Å². The van der Waals surface area contributed by atoms with Crippen molar-refractivity contribution in [1.82, 2.24) is 0 Å². The molecule has 0 heterocycles. The van der Waals surface area contributed by atoms with Gasteiger partial charge >= 0.3 is 5.97 Å². The minimum absolute atomic E-state index is 0.0816. The van der Waals surface area contributed by atoms with E-state index in [4.69, 9.17) is 17.3 Å². The standard InChI is InChI=1S/C12H11NO2/c1-2-8-3-5-9(6-4-8)10-7-12(10,13)11(14)15/h1,3-6,10H,7,13H2,(H,14,15). The van der Waals surface area contributed by atoms with Gasteiger partial charge in [-0.3, -0.25) is 4.79 Å². The maximum absolute atomic E-state index is 10.8. The van der Waals surface area contributed by atoms with Crippen molar-refractivity contribution in [2.24, 2.45) is 5.73 Å². The second kappa shape index (κ2) is 3.11. The first kappa shape index (κ1) is 9.75. The molecule has 0 aromatic heterocycles. The lowest BCUT2D eigenvalue weighted by atomic mass is 10.0. The van der Waals surface area contributed by atoms with Crippen LogP contribution in [0.1, 0.15) is 23.5 Å². The summed E-state index contributed by atoms with van der Waals surface area (Å²) in [4.78, 5) is 10.8. The van der Waals surface area contributed by atoms with Crippen LogP contribution >= 0.6 is 0 Å². The molecule has 0 aliphatic heterocycles. The predicted octanol–water partition coefficient (Wildman–Crippen LogP) is 0.937. The topological polar surface area (TPSA) is 63.3 Å². The Hall–Kier alpha value is -1.79. The van der Waals surface area contributed by atoms with Gasteiger partial charge in [0.05, 0.1) is 0 Å². The van der Waals surface area contributed by atoms with Gasteiger partial charge in [0.15, 0.2) is 0 Å². The van der Waals surface area contributed by atoms with Gasteiger partial charge in [-0.2, -0.15) is 0 Å². The number of carboxylic acid groups (broad SMARTS) is 1. The van der Waals surface area contributed by atoms with E-state index >= 15 is 0 Å². The number of carboxylic acids is 1. The van der Waals surface area contributed by atoms with Gasteiger partial charge in [-0.1, -0.05) is 18.1 Å². The number of hydrogen-bond acceptors (Lipinski definition) is 2. The molecule has 3 nitrogen and oxygen atoms in total. The molecule has 2 atom stereocenters. The molecule has 0 saturated heterocycles. The summed E-state index contributed by atoms with van der Waals surface area (Å²) in [5.41, 5.74) is 6.36. The fourth-order valence-corrected chi connectivity index (χ4v) is 1.74. The molecule has 0 amide bonds. The number of carbonyl (C=O) groups is 1. The summed E-state index contributed by atoms with van der Waals surface area (Å²) in [6, 6.07) is 7.29. The molecule has 76 valence electrons. The van der Waals surface area contributed by atoms with Crippen LogP contribution in [0.15, 0.2) is 24.3 Å². The van der Waals surface area contributed by atoms with E-state index < -0.39 is 11.5 Å². The molecule has 15 heavy (non-hydrogen) atoms. The van der Waals surface area contributed by atoms with Gasteiger partial charge in [-0.15, -0.1) is 6.42 Å². The predicted molar refractivity (Wildman–Crippen MR) is 56.3 cm³/mol. The van der Waals surface area contributed by atoms with Gasteiger partial charge in [0.1, 0.15) is 5.54 Å². The summed E-state index contributed by atoms with van der Waals surface area (Å²) in [7, 11) is 0. The average Bonchev–Trinajstić information content (AvgIpc) is 2.93. The van der Waals surface area contributed by atoms with Crippen molar-refractivity contribution in [1.29, 1.82) is 0 Å². The van der Waals surface area contributed by atoms with Crippen molar-refractivity contribution in [3.8, 4) is 12.3 Å². The molecule has 0 radical (unpaired) electrons. The molecule has 2 rings (SSSR count). The highest BCUT2D eigenvalue weighted by Crippen LogP contribution is 2.49. The normalized spacial score (nSPS) is 28.1. The Labute approximate surface area is 87.9 Å². The van der Waals surface area contributed by atoms with Crippen molar-refractivity contribution in [2.75, 3.05) is 0 Å². The quantitative estimate of drug-likeness (QED) is 0.700. The van der Waals surface area contributed by atoms with Crippen LogP contribution in [0.3, 0.4) is 0 Å². The Bertz CT molecular complexity index is 444. The van der Waals surface area contributed by atoms with Crippen LogP contribution in [0.4, 0.5) is 0 Å². The van der Waals surface area contributed by atoms with E-state index in [9.17, 15) is 4.79 Å². The van der Waals surface area contributed by atoms with Crippen LogP contribution in [-0.4, -0.2) is 16.6 Å². The second-order valence-electron chi connectivity index (χ2n) is 3.87. The van der Waals surface area contributed by atoms with Crippen LogP contribution in [0.25, 0.3) is 0 Å². The van der Waals surface area contributed by atoms with E-state index in [2.05, 4.69) is 5.92 Å². The summed E-state index contributed by atoms with van der Waals surface area (Å²) in [5.74, 6) is 1.49. The zero-order valence-electron chi connectivity index (χ0n) is 8.10. The SMILES string of the molecule is C#Cc1ccc(C2CC2(N)C(=O)O)cc1. The number of aliphatic carboxylic acids is 1. The fraction of sp³-hybridized carbons (Fsp3) is 0.250. The largest absolute Gasteiger partial charge is 0.480 e. The molecule has 1 aromatic rings. The molecule has 2 unspecified atom stereocenters. The van der Waals surface area contributed by atoms with Gasteiger partial charge in [0, 0.05) is 11.5 Å². The summed E-state index contributed by atoms with van der Waals surface area (Å²) in [6.45, 7) is 0. The summed E-state index contributed by atoms with van der Waals surface area (Å²) in [6.07, 6.45) is 5.72. The molecule has 1 aliphatic rings. The number of hydrogen-bond donors (Lipinski definition) is 2. The number of benzene rings is 1. The zero-order valence-corrected chi connectivity index (χ0v) is 8.10. The third kappa shape index (κ3) is 1.49. The number of rotatable bonds is 2. The summed E-state index contributed by atoms with van der Waals surface area (Å²) in [5, 5.41) is 8.89. The molecule has 1 saturated carbocycles. The third-order valence-corrected chi connectivity index (χ3v) is 2.88. The molecule has 3 N–H and O–H groups in total. The lowest BCUT2D eigenvalue weighted by Crippen LogP contribution is -2.34. The molecule has 1 aliphatic carbocycles. The highest BCUT2D eigenvalue weighted by Gasteiger charge is 2.58. The van der Waals surface area contributed by atoms with Gasteiger partial charge in [0.25, 0.3) is 0 Å². The Morgan fingerprint density at radius 1 is 1.53 bits per heavy atom. The third-order valence-electron chi connectivity index (χ3n) is 2.88. The smallest absolute Gasteiger partial charge is 0.324 e. The monoisotopic (exact) mass is 201 g/mol. The number of nitrogens with two attached hydrogens (primary N) is 1. The van der Waals surface area contributed by atoms with Gasteiger partial charge < -0.3 is 10.8 Å². The van der Waals surface area contributed by atoms with Crippen LogP contribution in [0, 0.1) is 12.3 Å². The Kier molecular flexibility index (Phi) is 2.02. The van der Waals surface area contributed by atoms with Crippen molar-refractivity contribution in [2.45, 2.75) is 17.9 Å². The van der Waals surface area contributed by atoms with E-state index in [-0.39, 0.29) is 5.92 Å². The van der Waals surface area contributed by atoms with E-state index in [0.717, 1.165) is 11.1 Å². The molecule has 1 fully saturated rings. The number of terminal acetylenes is 1.